The molecule has 3 aliphatic rings. The zero-order valence-electron chi connectivity index (χ0n) is 37.6. The number of allylic oxidation sites excluding steroid dienone is 12. The first-order chi connectivity index (χ1) is 30.6. The molecule has 13 N–H and O–H groups in total. The third kappa shape index (κ3) is 18.6. The number of nitrogens with two attached hydrogens (primary N) is 1. The highest BCUT2D eigenvalue weighted by atomic mass is 16.7. The highest BCUT2D eigenvalue weighted by Gasteiger charge is 2.51. The molecular weight excluding hydrogens is 851 g/mol. The molecule has 0 aromatic rings. The quantitative estimate of drug-likeness (QED) is 0.174. The maximum Gasteiger partial charge on any atom is 0.311 e. The van der Waals surface area contributed by atoms with Gasteiger partial charge in [0.2, 0.25) is 0 Å². The summed E-state index contributed by atoms with van der Waals surface area (Å²) in [6.07, 6.45) is 3.46. The molecule has 0 aromatic carbocycles. The monoisotopic (exact) mass is 923 g/mol. The normalized spacial score (nSPS) is 45.5. The summed E-state index contributed by atoms with van der Waals surface area (Å²) >= 11 is 0. The highest BCUT2D eigenvalue weighted by Crippen LogP contribution is 2.38. The predicted molar refractivity (Wildman–Crippen MR) is 237 cm³/mol. The van der Waals surface area contributed by atoms with Gasteiger partial charge in [-0.2, -0.15) is 0 Å². The Morgan fingerprint density at radius 2 is 1.23 bits per heavy atom. The van der Waals surface area contributed by atoms with Crippen LogP contribution in [0.15, 0.2) is 85.1 Å². The van der Waals surface area contributed by atoms with Crippen molar-refractivity contribution in [3.05, 3.63) is 85.1 Å². The lowest BCUT2D eigenvalue weighted by Gasteiger charge is -2.45. The van der Waals surface area contributed by atoms with E-state index in [9.17, 15) is 65.8 Å². The van der Waals surface area contributed by atoms with Gasteiger partial charge in [-0.1, -0.05) is 98.9 Å². The second-order valence-corrected chi connectivity index (χ2v) is 17.6. The van der Waals surface area contributed by atoms with E-state index in [0.717, 1.165) is 0 Å². The van der Waals surface area contributed by atoms with Crippen molar-refractivity contribution in [1.82, 2.24) is 0 Å². The van der Waals surface area contributed by atoms with E-state index in [-0.39, 0.29) is 31.6 Å². The fourth-order valence-corrected chi connectivity index (χ4v) is 7.97. The minimum atomic E-state index is -2.33. The maximum absolute atomic E-state index is 12.6. The van der Waals surface area contributed by atoms with Gasteiger partial charge in [0.1, 0.15) is 18.1 Å². The number of carboxylic acids is 1. The Hall–Kier alpha value is -3.44. The molecule has 0 spiro atoms. The molecule has 2 fully saturated rings. The van der Waals surface area contributed by atoms with Crippen LogP contribution in [0.3, 0.4) is 0 Å². The molecule has 0 aliphatic carbocycles. The fraction of sp³-hybridized carbons (Fsp3) is 0.660. The molecule has 3 aliphatic heterocycles. The molecule has 2 bridgehead atoms. The molecule has 3 heterocycles. The number of carbonyl (C=O) groups is 2. The van der Waals surface area contributed by atoms with Gasteiger partial charge in [0.25, 0.3) is 0 Å². The molecule has 18 heteroatoms. The van der Waals surface area contributed by atoms with Crippen molar-refractivity contribution in [2.45, 2.75) is 177 Å². The number of carbonyl (C=O) groups excluding carboxylic acids is 1. The summed E-state index contributed by atoms with van der Waals surface area (Å²) in [5.74, 6) is -6.83. The van der Waals surface area contributed by atoms with Gasteiger partial charge >= 0.3 is 11.9 Å². The lowest BCUT2D eigenvalue weighted by atomic mass is 9.82. The Morgan fingerprint density at radius 1 is 0.662 bits per heavy atom. The number of cyclic esters (lactones) is 1. The lowest BCUT2D eigenvalue weighted by Crippen LogP contribution is -2.61. The summed E-state index contributed by atoms with van der Waals surface area (Å²) in [7, 11) is 0. The van der Waals surface area contributed by atoms with Crippen LogP contribution < -0.4 is 5.73 Å². The number of aliphatic hydroxyl groups is 10. The minimum Gasteiger partial charge on any atom is -0.481 e. The molecule has 0 aromatic heterocycles. The Balaban J connectivity index is 1.86. The summed E-state index contributed by atoms with van der Waals surface area (Å²) in [6.45, 7) is 6.74. The standard InChI is InChI=1S/C47H73NO17/c1-27-17-15-13-11-9-7-5-6-8-10-12-14-16-18-34(64-46-44(58)41(48)43(57)30(4)63-46)24-38-40(45(59)60)37(54)26-47(61,65-38)25-33(51)22-36(53)35(52)20-19-31(49)21-32(50)23-39(55)62-29(3)28(2)42(27)56/h5-18,27-38,40-44,46,49-54,56-58,61H,19-26,48H2,1-4H3,(H,59,60)/b6-5+,9-7+,10-8+,13-11+,14-12+,17-15+,18-16+/t27-,28-,29-,30+,31+,32+,33-,34-,35+,36+,37-,38?,40+,41-,42+,43+,44-,46?,47+/m0/s1. The zero-order chi connectivity index (χ0) is 48.4. The van der Waals surface area contributed by atoms with Crippen LogP contribution in [0, 0.1) is 17.8 Å². The fourth-order valence-electron chi connectivity index (χ4n) is 7.97. The van der Waals surface area contributed by atoms with Crippen LogP contribution in [0.25, 0.3) is 0 Å². The van der Waals surface area contributed by atoms with Crippen molar-refractivity contribution in [2.24, 2.45) is 23.5 Å². The van der Waals surface area contributed by atoms with Gasteiger partial charge in [0, 0.05) is 37.5 Å². The van der Waals surface area contributed by atoms with E-state index in [4.69, 9.17) is 24.7 Å². The van der Waals surface area contributed by atoms with Gasteiger partial charge in [-0.15, -0.1) is 0 Å². The molecular formula is C47H73NO17. The van der Waals surface area contributed by atoms with E-state index in [2.05, 4.69) is 0 Å². The van der Waals surface area contributed by atoms with Crippen LogP contribution in [-0.4, -0.2) is 166 Å². The third-order valence-electron chi connectivity index (χ3n) is 12.0. The van der Waals surface area contributed by atoms with E-state index in [1.165, 1.54) is 13.0 Å². The zero-order valence-corrected chi connectivity index (χ0v) is 37.6. The summed E-state index contributed by atoms with van der Waals surface area (Å²) < 4.78 is 23.1. The van der Waals surface area contributed by atoms with E-state index < -0.39 is 147 Å². The van der Waals surface area contributed by atoms with Gasteiger partial charge < -0.3 is 80.9 Å². The van der Waals surface area contributed by atoms with Crippen LogP contribution in [-0.2, 0) is 28.5 Å². The first kappa shape index (κ1) is 55.9. The van der Waals surface area contributed by atoms with Gasteiger partial charge in [-0.3, -0.25) is 9.59 Å². The number of ether oxygens (including phenoxy) is 4. The topological polar surface area (TPSA) is 320 Å². The molecule has 18 nitrogen and oxygen atoms in total. The second-order valence-electron chi connectivity index (χ2n) is 17.6. The molecule has 2 saturated heterocycles. The van der Waals surface area contributed by atoms with Crippen molar-refractivity contribution >= 4 is 11.9 Å². The van der Waals surface area contributed by atoms with E-state index in [0.29, 0.717) is 0 Å². The maximum atomic E-state index is 12.6. The van der Waals surface area contributed by atoms with Gasteiger partial charge in [0.05, 0.1) is 79.6 Å². The van der Waals surface area contributed by atoms with Crippen LogP contribution in [0.5, 0.6) is 0 Å². The van der Waals surface area contributed by atoms with E-state index in [1.807, 2.05) is 19.1 Å². The number of hydrogen-bond donors (Lipinski definition) is 12. The summed E-state index contributed by atoms with van der Waals surface area (Å²) in [6, 6.07) is -1.15. The molecule has 0 saturated carbocycles. The Kier molecular flexibility index (Phi) is 23.6. The average Bonchev–Trinajstić information content (AvgIpc) is 3.21. The number of rotatable bonds is 3. The second kappa shape index (κ2) is 27.4. The molecule has 65 heavy (non-hydrogen) atoms. The molecule has 3 rings (SSSR count). The van der Waals surface area contributed by atoms with Crippen molar-refractivity contribution in [3.63, 3.8) is 0 Å². The number of hydrogen-bond acceptors (Lipinski definition) is 17. The van der Waals surface area contributed by atoms with Gasteiger partial charge in [-0.05, 0) is 33.1 Å². The van der Waals surface area contributed by atoms with Crippen LogP contribution in [0.1, 0.15) is 79.1 Å². The van der Waals surface area contributed by atoms with Crippen LogP contribution in [0.4, 0.5) is 0 Å². The Labute approximate surface area is 381 Å². The predicted octanol–water partition coefficient (Wildman–Crippen LogP) is 0.712. The average molecular weight is 924 g/mol. The molecule has 0 radical (unpaired) electrons. The number of carboxylic acid groups (broad SMARTS) is 1. The van der Waals surface area contributed by atoms with Crippen LogP contribution in [0.2, 0.25) is 0 Å². The van der Waals surface area contributed by atoms with Gasteiger partial charge in [-0.25, -0.2) is 0 Å². The highest BCUT2D eigenvalue weighted by molar-refractivity contribution is 5.71. The van der Waals surface area contributed by atoms with E-state index in [1.54, 1.807) is 80.7 Å². The number of esters is 1. The first-order valence-electron chi connectivity index (χ1n) is 22.3. The SMILES string of the molecule is C[C@@H]1[C@H](O)[C@@H](C)/C=C/C=C/C=C/C=C/C=C/C=C/C=C/[C@H](OC2O[C@H](C)[C@@H](O)[C@H](N)[C@@H]2O)CC2O[C@](O)(C[C@@H](O)C[C@@H](O)[C@H](O)CC[C@@H](O)C[C@@H](O)CC(=O)O[C@H]1C)C[C@H](O)[C@H]2C(=O)O. The summed E-state index contributed by atoms with van der Waals surface area (Å²) in [5.41, 5.74) is 6.02. The van der Waals surface area contributed by atoms with Crippen molar-refractivity contribution in [3.8, 4) is 0 Å². The Bertz CT molecular complexity index is 1670. The van der Waals surface area contributed by atoms with E-state index >= 15 is 0 Å². The number of fused-ring (bicyclic) bond motifs is 2. The molecule has 2 unspecified atom stereocenters. The van der Waals surface area contributed by atoms with Crippen LogP contribution >= 0.6 is 0 Å². The largest absolute Gasteiger partial charge is 0.481 e. The minimum absolute atomic E-state index is 0.107. The summed E-state index contributed by atoms with van der Waals surface area (Å²) in [5, 5.41) is 118. The Morgan fingerprint density at radius 3 is 1.82 bits per heavy atom. The van der Waals surface area contributed by atoms with Crippen molar-refractivity contribution in [1.29, 1.82) is 0 Å². The molecule has 0 amide bonds. The molecule has 368 valence electrons. The first-order valence-corrected chi connectivity index (χ1v) is 22.3. The van der Waals surface area contributed by atoms with Crippen molar-refractivity contribution < 1.29 is 84.7 Å². The number of aliphatic hydroxyl groups excluding tert-OH is 9. The van der Waals surface area contributed by atoms with Gasteiger partial charge in [0.15, 0.2) is 12.1 Å². The molecule has 19 atom stereocenters. The van der Waals surface area contributed by atoms with Crippen molar-refractivity contribution in [2.75, 3.05) is 0 Å². The third-order valence-corrected chi connectivity index (χ3v) is 12.0. The summed E-state index contributed by atoms with van der Waals surface area (Å²) in [4.78, 5) is 25.1. The smallest absolute Gasteiger partial charge is 0.311 e. The lowest BCUT2D eigenvalue weighted by molar-refractivity contribution is -0.308. The number of aliphatic carboxylic acids is 1.